The van der Waals surface area contributed by atoms with E-state index < -0.39 is 0 Å². The van der Waals surface area contributed by atoms with Gasteiger partial charge in [-0.05, 0) is 31.6 Å². The molecule has 86 valence electrons. The fraction of sp³-hybridized carbons (Fsp3) is 0.909. The zero-order chi connectivity index (χ0) is 10.8. The molecule has 4 heteroatoms. The Bertz CT molecular complexity index is 236. The van der Waals surface area contributed by atoms with Crippen LogP contribution in [0, 0.1) is 5.92 Å². The molecule has 1 N–H and O–H groups in total. The third kappa shape index (κ3) is 2.25. The first-order valence-electron chi connectivity index (χ1n) is 5.79. The molecule has 2 aliphatic rings. The molecule has 1 aliphatic heterocycles. The lowest BCUT2D eigenvalue weighted by Gasteiger charge is -2.31. The van der Waals surface area contributed by atoms with Gasteiger partial charge in [-0.15, -0.1) is 0 Å². The van der Waals surface area contributed by atoms with E-state index in [-0.39, 0.29) is 18.8 Å². The van der Waals surface area contributed by atoms with Gasteiger partial charge in [0.1, 0.15) is 6.10 Å². The Balaban J connectivity index is 1.91. The van der Waals surface area contributed by atoms with E-state index in [0.29, 0.717) is 12.6 Å². The molecule has 0 aromatic carbocycles. The van der Waals surface area contributed by atoms with Gasteiger partial charge < -0.3 is 14.7 Å². The number of hydrogen-bond acceptors (Lipinski definition) is 3. The minimum Gasteiger partial charge on any atom is -0.442 e. The summed E-state index contributed by atoms with van der Waals surface area (Å²) in [5.41, 5.74) is 0. The molecule has 1 saturated heterocycles. The highest BCUT2D eigenvalue weighted by Gasteiger charge is 2.36. The minimum absolute atomic E-state index is 0.0641. The predicted molar refractivity (Wildman–Crippen MR) is 55.5 cm³/mol. The van der Waals surface area contributed by atoms with Crippen molar-refractivity contribution >= 4 is 6.09 Å². The van der Waals surface area contributed by atoms with Crippen LogP contribution in [0.3, 0.4) is 0 Å². The zero-order valence-electron chi connectivity index (χ0n) is 9.19. The fourth-order valence-corrected chi connectivity index (χ4v) is 2.49. The first-order chi connectivity index (χ1) is 7.20. The maximum absolute atomic E-state index is 11.5. The predicted octanol–water partition coefficient (Wildman–Crippen LogP) is 1.38. The van der Waals surface area contributed by atoms with Crippen LogP contribution in [0.4, 0.5) is 4.79 Å². The smallest absolute Gasteiger partial charge is 0.410 e. The van der Waals surface area contributed by atoms with Crippen molar-refractivity contribution in [2.24, 2.45) is 5.92 Å². The van der Waals surface area contributed by atoms with Gasteiger partial charge in [-0.3, -0.25) is 0 Å². The monoisotopic (exact) mass is 213 g/mol. The number of carbonyl (C=O) groups is 1. The van der Waals surface area contributed by atoms with Crippen LogP contribution in [0.15, 0.2) is 0 Å². The maximum atomic E-state index is 11.5. The standard InChI is InChI=1S/C11H19NO3/c1-8-2-4-9(5-3-8)12-6-10(7-13)15-11(12)14/h8-10,13H,2-7H2,1H3/t8-,9-,10?. The summed E-state index contributed by atoms with van der Waals surface area (Å²) in [6.07, 6.45) is 3.99. The Morgan fingerprint density at radius 3 is 2.60 bits per heavy atom. The topological polar surface area (TPSA) is 49.8 Å². The zero-order valence-corrected chi connectivity index (χ0v) is 9.19. The summed E-state index contributed by atoms with van der Waals surface area (Å²) in [4.78, 5) is 13.3. The van der Waals surface area contributed by atoms with Crippen LogP contribution < -0.4 is 0 Å². The van der Waals surface area contributed by atoms with Crippen molar-refractivity contribution in [3.8, 4) is 0 Å². The summed E-state index contributed by atoms with van der Waals surface area (Å²) in [7, 11) is 0. The van der Waals surface area contributed by atoms with Crippen molar-refractivity contribution in [3.05, 3.63) is 0 Å². The van der Waals surface area contributed by atoms with Crippen LogP contribution in [-0.4, -0.2) is 41.4 Å². The third-order valence-electron chi connectivity index (χ3n) is 3.53. The van der Waals surface area contributed by atoms with Gasteiger partial charge in [0, 0.05) is 6.04 Å². The molecule has 0 aromatic rings. The molecule has 2 fully saturated rings. The number of cyclic esters (lactones) is 1. The van der Waals surface area contributed by atoms with Crippen LogP contribution >= 0.6 is 0 Å². The molecule has 0 bridgehead atoms. The van der Waals surface area contributed by atoms with E-state index in [1.165, 1.54) is 12.8 Å². The molecule has 2 rings (SSSR count). The van der Waals surface area contributed by atoms with E-state index in [1.54, 1.807) is 4.90 Å². The lowest BCUT2D eigenvalue weighted by Crippen LogP contribution is -2.39. The van der Waals surface area contributed by atoms with E-state index in [2.05, 4.69) is 6.92 Å². The van der Waals surface area contributed by atoms with Gasteiger partial charge in [-0.2, -0.15) is 0 Å². The highest BCUT2D eigenvalue weighted by atomic mass is 16.6. The second-order valence-corrected chi connectivity index (χ2v) is 4.75. The third-order valence-corrected chi connectivity index (χ3v) is 3.53. The average Bonchev–Trinajstić information content (AvgIpc) is 2.61. The first kappa shape index (κ1) is 10.7. The number of aliphatic hydroxyl groups is 1. The Labute approximate surface area is 90.2 Å². The second-order valence-electron chi connectivity index (χ2n) is 4.75. The van der Waals surface area contributed by atoms with E-state index >= 15 is 0 Å². The molecular formula is C11H19NO3. The highest BCUT2D eigenvalue weighted by molar-refractivity contribution is 5.70. The summed E-state index contributed by atoms with van der Waals surface area (Å²) >= 11 is 0. The number of amides is 1. The van der Waals surface area contributed by atoms with Crippen LogP contribution in [0.25, 0.3) is 0 Å². The SMILES string of the molecule is C[C@H]1CC[C@H](N2CC(CO)OC2=O)CC1. The quantitative estimate of drug-likeness (QED) is 0.754. The lowest BCUT2D eigenvalue weighted by atomic mass is 9.87. The summed E-state index contributed by atoms with van der Waals surface area (Å²) in [6.45, 7) is 2.76. The minimum atomic E-state index is -0.308. The normalized spacial score (nSPS) is 36.8. The molecule has 1 heterocycles. The maximum Gasteiger partial charge on any atom is 0.410 e. The number of aliphatic hydroxyl groups excluding tert-OH is 1. The average molecular weight is 213 g/mol. The van der Waals surface area contributed by atoms with Gasteiger partial charge in [-0.25, -0.2) is 4.79 Å². The molecule has 0 spiro atoms. The summed E-state index contributed by atoms with van der Waals surface area (Å²) < 4.78 is 5.04. The number of rotatable bonds is 2. The molecule has 1 unspecified atom stereocenters. The van der Waals surface area contributed by atoms with E-state index in [4.69, 9.17) is 9.84 Å². The number of carbonyl (C=O) groups excluding carboxylic acids is 1. The van der Waals surface area contributed by atoms with E-state index in [1.807, 2.05) is 0 Å². The van der Waals surface area contributed by atoms with Crippen molar-refractivity contribution in [1.82, 2.24) is 4.90 Å². The Morgan fingerprint density at radius 2 is 2.07 bits per heavy atom. The summed E-state index contributed by atoms with van der Waals surface area (Å²) in [6, 6.07) is 0.338. The van der Waals surface area contributed by atoms with Gasteiger partial charge in [0.15, 0.2) is 0 Å². The molecule has 1 atom stereocenters. The molecule has 0 aromatic heterocycles. The fourth-order valence-electron chi connectivity index (χ4n) is 2.49. The van der Waals surface area contributed by atoms with Crippen LogP contribution in [0.5, 0.6) is 0 Å². The molecular weight excluding hydrogens is 194 g/mol. The number of ether oxygens (including phenoxy) is 1. The van der Waals surface area contributed by atoms with Gasteiger partial charge in [-0.1, -0.05) is 6.92 Å². The Hall–Kier alpha value is -0.770. The molecule has 4 nitrogen and oxygen atoms in total. The van der Waals surface area contributed by atoms with Gasteiger partial charge in [0.2, 0.25) is 0 Å². The Kier molecular flexibility index (Phi) is 3.14. The molecule has 1 amide bonds. The molecule has 1 aliphatic carbocycles. The van der Waals surface area contributed by atoms with Gasteiger partial charge in [0.05, 0.1) is 13.2 Å². The van der Waals surface area contributed by atoms with Crippen LogP contribution in [-0.2, 0) is 4.74 Å². The number of hydrogen-bond donors (Lipinski definition) is 1. The lowest BCUT2D eigenvalue weighted by molar-refractivity contribution is 0.0930. The molecule has 15 heavy (non-hydrogen) atoms. The van der Waals surface area contributed by atoms with Crippen molar-refractivity contribution in [1.29, 1.82) is 0 Å². The van der Waals surface area contributed by atoms with Crippen molar-refractivity contribution in [2.75, 3.05) is 13.2 Å². The summed E-state index contributed by atoms with van der Waals surface area (Å²) in [5.74, 6) is 0.786. The molecule has 0 radical (unpaired) electrons. The van der Waals surface area contributed by atoms with Crippen LogP contribution in [0.2, 0.25) is 0 Å². The van der Waals surface area contributed by atoms with Crippen LogP contribution in [0.1, 0.15) is 32.6 Å². The first-order valence-corrected chi connectivity index (χ1v) is 5.79. The van der Waals surface area contributed by atoms with Crippen molar-refractivity contribution in [3.63, 3.8) is 0 Å². The van der Waals surface area contributed by atoms with Crippen molar-refractivity contribution < 1.29 is 14.6 Å². The largest absolute Gasteiger partial charge is 0.442 e. The second kappa shape index (κ2) is 4.39. The Morgan fingerprint density at radius 1 is 1.40 bits per heavy atom. The van der Waals surface area contributed by atoms with E-state index in [0.717, 1.165) is 18.8 Å². The highest BCUT2D eigenvalue weighted by Crippen LogP contribution is 2.29. The molecule has 1 saturated carbocycles. The van der Waals surface area contributed by atoms with Gasteiger partial charge in [0.25, 0.3) is 0 Å². The number of nitrogens with zero attached hydrogens (tertiary/aromatic N) is 1. The summed E-state index contributed by atoms with van der Waals surface area (Å²) in [5, 5.41) is 8.94. The van der Waals surface area contributed by atoms with Gasteiger partial charge >= 0.3 is 6.09 Å². The van der Waals surface area contributed by atoms with E-state index in [9.17, 15) is 4.79 Å². The van der Waals surface area contributed by atoms with Crippen molar-refractivity contribution in [2.45, 2.75) is 44.8 Å².